The van der Waals surface area contributed by atoms with Crippen LogP contribution in [0, 0.1) is 11.6 Å². The highest BCUT2D eigenvalue weighted by atomic mass is 19.2. The summed E-state index contributed by atoms with van der Waals surface area (Å²) < 4.78 is 26.3. The predicted molar refractivity (Wildman–Crippen MR) is 77.5 cm³/mol. The Balaban J connectivity index is 2.13. The van der Waals surface area contributed by atoms with Crippen molar-refractivity contribution in [2.45, 2.75) is 51.7 Å². The van der Waals surface area contributed by atoms with Crippen LogP contribution in [0.3, 0.4) is 0 Å². The Morgan fingerprint density at radius 2 is 2.05 bits per heavy atom. The van der Waals surface area contributed by atoms with Crippen molar-refractivity contribution in [2.24, 2.45) is 0 Å². The molecule has 0 aliphatic carbocycles. The summed E-state index contributed by atoms with van der Waals surface area (Å²) in [6.45, 7) is 9.11. The first-order valence-corrected chi connectivity index (χ1v) is 7.40. The first-order valence-electron chi connectivity index (χ1n) is 7.40. The van der Waals surface area contributed by atoms with Crippen LogP contribution in [0.15, 0.2) is 18.2 Å². The zero-order valence-corrected chi connectivity index (χ0v) is 12.5. The normalized spacial score (nSPS) is 27.8. The fourth-order valence-corrected chi connectivity index (χ4v) is 2.82. The number of rotatable bonds is 4. The van der Waals surface area contributed by atoms with Gasteiger partial charge in [-0.15, -0.1) is 0 Å². The van der Waals surface area contributed by atoms with Gasteiger partial charge in [0.15, 0.2) is 11.6 Å². The number of halogens is 2. The lowest BCUT2D eigenvalue weighted by molar-refractivity contribution is 0.0754. The maximum absolute atomic E-state index is 13.3. The van der Waals surface area contributed by atoms with Gasteiger partial charge in [-0.05, 0) is 37.5 Å². The van der Waals surface area contributed by atoms with Gasteiger partial charge in [0.05, 0.1) is 0 Å². The van der Waals surface area contributed by atoms with E-state index in [0.29, 0.717) is 12.6 Å². The van der Waals surface area contributed by atoms with Crippen LogP contribution >= 0.6 is 0 Å². The smallest absolute Gasteiger partial charge is 0.159 e. The lowest BCUT2D eigenvalue weighted by Gasteiger charge is -2.46. The molecule has 0 spiro atoms. The summed E-state index contributed by atoms with van der Waals surface area (Å²) >= 11 is 0. The van der Waals surface area contributed by atoms with E-state index in [9.17, 15) is 8.78 Å². The summed E-state index contributed by atoms with van der Waals surface area (Å²) in [5, 5.41) is 3.61. The van der Waals surface area contributed by atoms with Crippen LogP contribution in [0.25, 0.3) is 0 Å². The van der Waals surface area contributed by atoms with Crippen LogP contribution in [0.1, 0.15) is 39.2 Å². The number of benzene rings is 1. The minimum atomic E-state index is -0.778. The highest BCUT2D eigenvalue weighted by molar-refractivity contribution is 5.18. The van der Waals surface area contributed by atoms with Gasteiger partial charge in [0.1, 0.15) is 0 Å². The molecular formula is C16H24F2N2. The van der Waals surface area contributed by atoms with Crippen LogP contribution in [-0.4, -0.2) is 29.6 Å². The zero-order chi connectivity index (χ0) is 14.8. The van der Waals surface area contributed by atoms with Crippen molar-refractivity contribution < 1.29 is 8.78 Å². The lowest BCUT2D eigenvalue weighted by Crippen LogP contribution is -2.62. The number of nitrogens with one attached hydrogen (secondary N) is 1. The molecule has 0 saturated carbocycles. The van der Waals surface area contributed by atoms with Gasteiger partial charge in [-0.3, -0.25) is 4.90 Å². The van der Waals surface area contributed by atoms with E-state index in [0.717, 1.165) is 31.5 Å². The molecule has 1 heterocycles. The summed E-state index contributed by atoms with van der Waals surface area (Å²) in [6.07, 6.45) is 2.11. The van der Waals surface area contributed by atoms with Gasteiger partial charge in [0.2, 0.25) is 0 Å². The second-order valence-electron chi connectivity index (χ2n) is 6.01. The molecule has 20 heavy (non-hydrogen) atoms. The van der Waals surface area contributed by atoms with Crippen molar-refractivity contribution in [1.29, 1.82) is 0 Å². The van der Waals surface area contributed by atoms with Crippen molar-refractivity contribution in [3.63, 3.8) is 0 Å². The Bertz CT molecular complexity index is 464. The van der Waals surface area contributed by atoms with E-state index in [4.69, 9.17) is 0 Å². The second-order valence-corrected chi connectivity index (χ2v) is 6.01. The highest BCUT2D eigenvalue weighted by Gasteiger charge is 2.33. The summed E-state index contributed by atoms with van der Waals surface area (Å²) in [5.74, 6) is -1.54. The van der Waals surface area contributed by atoms with E-state index >= 15 is 0 Å². The molecule has 2 rings (SSSR count). The average molecular weight is 282 g/mol. The summed E-state index contributed by atoms with van der Waals surface area (Å²) in [7, 11) is 0. The third kappa shape index (κ3) is 3.36. The Labute approximate surface area is 120 Å². The van der Waals surface area contributed by atoms with Gasteiger partial charge < -0.3 is 5.32 Å². The lowest BCUT2D eigenvalue weighted by atomic mass is 9.92. The molecule has 1 aliphatic heterocycles. The standard InChI is InChI=1S/C16H24F2N2/c1-4-13-9-19-16(3,5-2)11-20(13)10-12-6-7-14(17)15(18)8-12/h6-8,13,19H,4-5,9-11H2,1-3H3. The van der Waals surface area contributed by atoms with E-state index in [1.807, 2.05) is 0 Å². The second kappa shape index (κ2) is 6.19. The predicted octanol–water partition coefficient (Wildman–Crippen LogP) is 3.32. The molecule has 2 nitrogen and oxygen atoms in total. The Kier molecular flexibility index (Phi) is 4.76. The number of nitrogens with zero attached hydrogens (tertiary/aromatic N) is 1. The molecule has 4 heteroatoms. The van der Waals surface area contributed by atoms with E-state index in [1.165, 1.54) is 12.1 Å². The molecule has 0 bridgehead atoms. The van der Waals surface area contributed by atoms with Crippen molar-refractivity contribution in [3.8, 4) is 0 Å². The van der Waals surface area contributed by atoms with Gasteiger partial charge in [0, 0.05) is 31.2 Å². The molecule has 1 aliphatic rings. The van der Waals surface area contributed by atoms with Gasteiger partial charge in [-0.2, -0.15) is 0 Å². The number of hydrogen-bond donors (Lipinski definition) is 1. The molecule has 1 saturated heterocycles. The highest BCUT2D eigenvalue weighted by Crippen LogP contribution is 2.23. The van der Waals surface area contributed by atoms with Crippen molar-refractivity contribution in [1.82, 2.24) is 10.2 Å². The largest absolute Gasteiger partial charge is 0.309 e. The van der Waals surface area contributed by atoms with Crippen molar-refractivity contribution in [2.75, 3.05) is 13.1 Å². The van der Waals surface area contributed by atoms with Crippen LogP contribution in [0.5, 0.6) is 0 Å². The first kappa shape index (κ1) is 15.4. The Morgan fingerprint density at radius 1 is 1.30 bits per heavy atom. The average Bonchev–Trinajstić information content (AvgIpc) is 2.43. The minimum Gasteiger partial charge on any atom is -0.309 e. The molecule has 0 aromatic heterocycles. The fraction of sp³-hybridized carbons (Fsp3) is 0.625. The summed E-state index contributed by atoms with van der Waals surface area (Å²) in [5.41, 5.74) is 0.937. The van der Waals surface area contributed by atoms with E-state index in [1.54, 1.807) is 6.07 Å². The maximum atomic E-state index is 13.3. The molecule has 2 unspecified atom stereocenters. The summed E-state index contributed by atoms with van der Waals surface area (Å²) in [4.78, 5) is 2.38. The Hall–Kier alpha value is -1.00. The van der Waals surface area contributed by atoms with Gasteiger partial charge in [0.25, 0.3) is 0 Å². The summed E-state index contributed by atoms with van der Waals surface area (Å²) in [6, 6.07) is 4.65. The molecule has 1 N–H and O–H groups in total. The van der Waals surface area contributed by atoms with Gasteiger partial charge in [-0.25, -0.2) is 8.78 Å². The van der Waals surface area contributed by atoms with E-state index < -0.39 is 11.6 Å². The molecule has 0 amide bonds. The number of piperazine rings is 1. The molecule has 1 aromatic carbocycles. The Morgan fingerprint density at radius 3 is 2.65 bits per heavy atom. The molecule has 1 aromatic rings. The minimum absolute atomic E-state index is 0.101. The zero-order valence-electron chi connectivity index (χ0n) is 12.5. The van der Waals surface area contributed by atoms with Crippen molar-refractivity contribution >= 4 is 0 Å². The van der Waals surface area contributed by atoms with E-state index in [2.05, 4.69) is 31.0 Å². The van der Waals surface area contributed by atoms with Crippen LogP contribution in [0.4, 0.5) is 8.78 Å². The van der Waals surface area contributed by atoms with Gasteiger partial charge >= 0.3 is 0 Å². The SMILES string of the molecule is CCC1CNC(C)(CC)CN1Cc1ccc(F)c(F)c1. The third-order valence-corrected chi connectivity index (χ3v) is 4.45. The first-order chi connectivity index (χ1) is 9.47. The van der Waals surface area contributed by atoms with Crippen LogP contribution < -0.4 is 5.32 Å². The topological polar surface area (TPSA) is 15.3 Å². The monoisotopic (exact) mass is 282 g/mol. The van der Waals surface area contributed by atoms with Crippen LogP contribution in [-0.2, 0) is 6.54 Å². The molecule has 1 fully saturated rings. The number of hydrogen-bond acceptors (Lipinski definition) is 2. The van der Waals surface area contributed by atoms with Crippen molar-refractivity contribution in [3.05, 3.63) is 35.4 Å². The third-order valence-electron chi connectivity index (χ3n) is 4.45. The van der Waals surface area contributed by atoms with Crippen LogP contribution in [0.2, 0.25) is 0 Å². The van der Waals surface area contributed by atoms with E-state index in [-0.39, 0.29) is 5.54 Å². The maximum Gasteiger partial charge on any atom is 0.159 e. The molecule has 2 atom stereocenters. The van der Waals surface area contributed by atoms with Gasteiger partial charge in [-0.1, -0.05) is 19.9 Å². The quantitative estimate of drug-likeness (QED) is 0.911. The molecular weight excluding hydrogens is 258 g/mol. The fourth-order valence-electron chi connectivity index (χ4n) is 2.82. The molecule has 0 radical (unpaired) electrons. The molecule has 112 valence electrons.